The number of amides is 2. The van der Waals surface area contributed by atoms with Gasteiger partial charge in [0.2, 0.25) is 11.8 Å². The fraction of sp³-hybridized carbons (Fsp3) is 0.500. The molecule has 1 heterocycles. The van der Waals surface area contributed by atoms with Gasteiger partial charge in [0.15, 0.2) is 9.84 Å². The van der Waals surface area contributed by atoms with Crippen molar-refractivity contribution in [2.45, 2.75) is 32.5 Å². The van der Waals surface area contributed by atoms with Crippen LogP contribution in [0.1, 0.15) is 25.8 Å². The fourth-order valence-corrected chi connectivity index (χ4v) is 4.08. The summed E-state index contributed by atoms with van der Waals surface area (Å²) >= 11 is 0. The number of carbonyl (C=O) groups is 2. The van der Waals surface area contributed by atoms with Crippen LogP contribution in [0.5, 0.6) is 0 Å². The number of alkyl halides is 3. The molecule has 0 bridgehead atoms. The maximum Gasteiger partial charge on any atom is 0.416 e. The van der Waals surface area contributed by atoms with Crippen molar-refractivity contribution in [2.75, 3.05) is 16.8 Å². The van der Waals surface area contributed by atoms with E-state index in [0.29, 0.717) is 0 Å². The Morgan fingerprint density at radius 2 is 1.65 bits per heavy atom. The maximum absolute atomic E-state index is 12.5. The molecular weight excluding hydrogens is 373 g/mol. The van der Waals surface area contributed by atoms with Crippen LogP contribution in [0.3, 0.4) is 0 Å². The Kier molecular flexibility index (Phi) is 5.36. The van der Waals surface area contributed by atoms with Crippen molar-refractivity contribution < 1.29 is 31.2 Å². The first kappa shape index (κ1) is 20.2. The van der Waals surface area contributed by atoms with Gasteiger partial charge in [-0.3, -0.25) is 9.59 Å². The zero-order valence-electron chi connectivity index (χ0n) is 14.2. The van der Waals surface area contributed by atoms with Gasteiger partial charge < -0.3 is 10.6 Å². The molecule has 0 aliphatic carbocycles. The summed E-state index contributed by atoms with van der Waals surface area (Å²) in [7, 11) is -3.18. The number of benzene rings is 1. The number of halogens is 3. The van der Waals surface area contributed by atoms with Gasteiger partial charge in [0.1, 0.15) is 5.41 Å². The second kappa shape index (κ2) is 6.90. The first-order valence-electron chi connectivity index (χ1n) is 7.81. The molecule has 1 saturated heterocycles. The molecule has 1 fully saturated rings. The average molecular weight is 392 g/mol. The van der Waals surface area contributed by atoms with Crippen LogP contribution in [0.15, 0.2) is 24.3 Å². The van der Waals surface area contributed by atoms with E-state index in [1.54, 1.807) is 0 Å². The topological polar surface area (TPSA) is 92.3 Å². The summed E-state index contributed by atoms with van der Waals surface area (Å²) in [4.78, 5) is 24.7. The number of hydrogen-bond donors (Lipinski definition) is 2. The highest BCUT2D eigenvalue weighted by molar-refractivity contribution is 7.91. The van der Waals surface area contributed by atoms with Gasteiger partial charge in [-0.2, -0.15) is 13.2 Å². The summed E-state index contributed by atoms with van der Waals surface area (Å²) in [6.07, 6.45) is -4.20. The molecule has 144 valence electrons. The molecule has 0 aromatic heterocycles. The lowest BCUT2D eigenvalue weighted by atomic mass is 9.90. The molecule has 6 nitrogen and oxygen atoms in total. The van der Waals surface area contributed by atoms with Crippen molar-refractivity contribution >= 4 is 27.3 Å². The number of nitrogens with one attached hydrogen (secondary N) is 2. The molecule has 1 aromatic rings. The van der Waals surface area contributed by atoms with Crippen molar-refractivity contribution in [1.29, 1.82) is 0 Å². The van der Waals surface area contributed by atoms with Crippen molar-refractivity contribution in [3.8, 4) is 0 Å². The van der Waals surface area contributed by atoms with E-state index in [9.17, 15) is 31.2 Å². The standard InChI is InChI=1S/C16H19F3N2O4S/c1-15(2,14(23)21-12-7-8-26(24,25)9-12)13(22)20-11-5-3-10(4-6-11)16(17,18)19/h3-6,12H,7-9H2,1-2H3,(H,20,22)(H,21,23). The Morgan fingerprint density at radius 1 is 1.08 bits per heavy atom. The average Bonchev–Trinajstić information content (AvgIpc) is 2.85. The molecule has 0 spiro atoms. The molecule has 1 atom stereocenters. The Morgan fingerprint density at radius 3 is 2.12 bits per heavy atom. The largest absolute Gasteiger partial charge is 0.416 e. The van der Waals surface area contributed by atoms with Gasteiger partial charge in [0.25, 0.3) is 0 Å². The van der Waals surface area contributed by atoms with E-state index in [2.05, 4.69) is 10.6 Å². The number of rotatable bonds is 4. The van der Waals surface area contributed by atoms with E-state index in [0.717, 1.165) is 24.3 Å². The quantitative estimate of drug-likeness (QED) is 0.767. The number of sulfone groups is 1. The van der Waals surface area contributed by atoms with Gasteiger partial charge in [-0.25, -0.2) is 8.42 Å². The van der Waals surface area contributed by atoms with Crippen LogP contribution in [-0.2, 0) is 25.6 Å². The zero-order valence-corrected chi connectivity index (χ0v) is 15.0. The van der Waals surface area contributed by atoms with Crippen LogP contribution in [-0.4, -0.2) is 37.8 Å². The van der Waals surface area contributed by atoms with Gasteiger partial charge in [-0.15, -0.1) is 0 Å². The Labute approximate surface area is 149 Å². The summed E-state index contributed by atoms with van der Waals surface area (Å²) < 4.78 is 60.5. The van der Waals surface area contributed by atoms with Crippen LogP contribution < -0.4 is 10.6 Å². The van der Waals surface area contributed by atoms with E-state index in [-0.39, 0.29) is 23.6 Å². The minimum atomic E-state index is -4.48. The lowest BCUT2D eigenvalue weighted by molar-refractivity contribution is -0.139. The van der Waals surface area contributed by atoms with Gasteiger partial charge in [0, 0.05) is 11.7 Å². The molecule has 26 heavy (non-hydrogen) atoms. The van der Waals surface area contributed by atoms with Gasteiger partial charge >= 0.3 is 6.18 Å². The number of anilines is 1. The van der Waals surface area contributed by atoms with Gasteiger partial charge in [-0.1, -0.05) is 0 Å². The second-order valence-corrected chi connectivity index (χ2v) is 8.96. The van der Waals surface area contributed by atoms with E-state index >= 15 is 0 Å². The smallest absolute Gasteiger partial charge is 0.351 e. The molecule has 1 unspecified atom stereocenters. The predicted octanol–water partition coefficient (Wildman–Crippen LogP) is 1.97. The summed E-state index contributed by atoms with van der Waals surface area (Å²) in [6, 6.07) is 3.29. The van der Waals surface area contributed by atoms with E-state index in [1.165, 1.54) is 13.8 Å². The Balaban J connectivity index is 2.01. The molecule has 0 radical (unpaired) electrons. The van der Waals surface area contributed by atoms with Crippen LogP contribution in [0.25, 0.3) is 0 Å². The maximum atomic E-state index is 12.5. The molecule has 10 heteroatoms. The molecule has 2 rings (SSSR count). The van der Waals surface area contributed by atoms with Crippen LogP contribution >= 0.6 is 0 Å². The molecule has 2 amide bonds. The SMILES string of the molecule is CC(C)(C(=O)Nc1ccc(C(F)(F)F)cc1)C(=O)NC1CCS(=O)(=O)C1. The lowest BCUT2D eigenvalue weighted by Crippen LogP contribution is -2.48. The van der Waals surface area contributed by atoms with Crippen LogP contribution in [0.4, 0.5) is 18.9 Å². The van der Waals surface area contributed by atoms with Crippen LogP contribution in [0.2, 0.25) is 0 Å². The first-order valence-corrected chi connectivity index (χ1v) is 9.63. The normalized spacial score (nSPS) is 19.8. The van der Waals surface area contributed by atoms with Crippen molar-refractivity contribution in [3.63, 3.8) is 0 Å². The molecule has 2 N–H and O–H groups in total. The summed E-state index contributed by atoms with van der Waals surface area (Å²) in [5.41, 5.74) is -2.27. The number of hydrogen-bond acceptors (Lipinski definition) is 4. The fourth-order valence-electron chi connectivity index (χ4n) is 2.41. The van der Waals surface area contributed by atoms with Crippen molar-refractivity contribution in [3.05, 3.63) is 29.8 Å². The summed E-state index contributed by atoms with van der Waals surface area (Å²) in [6.45, 7) is 2.70. The number of carbonyl (C=O) groups excluding carboxylic acids is 2. The molecule has 1 aromatic carbocycles. The zero-order chi connectivity index (χ0) is 19.8. The summed E-state index contributed by atoms with van der Waals surface area (Å²) in [5, 5.41) is 4.94. The second-order valence-electron chi connectivity index (χ2n) is 6.73. The molecule has 0 saturated carbocycles. The third kappa shape index (κ3) is 4.75. The third-order valence-electron chi connectivity index (χ3n) is 4.17. The van der Waals surface area contributed by atoms with E-state index in [4.69, 9.17) is 0 Å². The van der Waals surface area contributed by atoms with Gasteiger partial charge in [0.05, 0.1) is 17.1 Å². The highest BCUT2D eigenvalue weighted by Gasteiger charge is 2.39. The molecule has 1 aliphatic heterocycles. The monoisotopic (exact) mass is 392 g/mol. The van der Waals surface area contributed by atoms with Gasteiger partial charge in [-0.05, 0) is 44.5 Å². The predicted molar refractivity (Wildman–Crippen MR) is 89.1 cm³/mol. The van der Waals surface area contributed by atoms with Crippen LogP contribution in [0, 0.1) is 5.41 Å². The highest BCUT2D eigenvalue weighted by atomic mass is 32.2. The highest BCUT2D eigenvalue weighted by Crippen LogP contribution is 2.30. The van der Waals surface area contributed by atoms with Crippen molar-refractivity contribution in [2.24, 2.45) is 5.41 Å². The Bertz CT molecular complexity index is 802. The lowest BCUT2D eigenvalue weighted by Gasteiger charge is -2.24. The van der Waals surface area contributed by atoms with E-state index in [1.807, 2.05) is 0 Å². The molecule has 1 aliphatic rings. The minimum Gasteiger partial charge on any atom is -0.351 e. The molecular formula is C16H19F3N2O4S. The Hall–Kier alpha value is -2.10. The van der Waals surface area contributed by atoms with E-state index < -0.39 is 44.8 Å². The first-order chi connectivity index (χ1) is 11.8. The van der Waals surface area contributed by atoms with Crippen molar-refractivity contribution in [1.82, 2.24) is 5.32 Å². The third-order valence-corrected chi connectivity index (χ3v) is 5.94. The minimum absolute atomic E-state index is 0.0177. The summed E-state index contributed by atoms with van der Waals surface area (Å²) in [5.74, 6) is -1.55.